The zero-order valence-corrected chi connectivity index (χ0v) is 10.1. The number of nitrogens with two attached hydrogens (primary N) is 1. The fraction of sp³-hybridized carbons (Fsp3) is 0.364. The number of halogens is 2. The number of rotatable bonds is 4. The van der Waals surface area contributed by atoms with Crippen molar-refractivity contribution >= 4 is 18.4 Å². The Bertz CT molecular complexity index is 406. The molecule has 1 rings (SSSR count). The highest BCUT2D eigenvalue weighted by Crippen LogP contribution is 2.18. The van der Waals surface area contributed by atoms with Gasteiger partial charge in [-0.05, 0) is 24.1 Å². The molecule has 0 aliphatic rings. The molecule has 0 aliphatic heterocycles. The number of hydrogen-bond acceptors (Lipinski definition) is 4. The maximum atomic E-state index is 13.2. The summed E-state index contributed by atoms with van der Waals surface area (Å²) in [6.45, 7) is 0. The molecule has 6 heteroatoms. The Morgan fingerprint density at radius 3 is 2.94 bits per heavy atom. The minimum absolute atomic E-state index is 0. The smallest absolute Gasteiger partial charge is 0.322 e. The van der Waals surface area contributed by atoms with Gasteiger partial charge in [-0.15, -0.1) is 12.4 Å². The molecule has 0 saturated heterocycles. The standard InChI is InChI=1S/C11H14FNO3.ClH/c1-15-10-6-7(3-4-8(10)12)5-9(13)11(14)16-2;/h3-4,6,9H,5,13H2,1-2H3;1H/t9-;/m0./s1/i1D;. The summed E-state index contributed by atoms with van der Waals surface area (Å²) in [4.78, 5) is 11.1. The van der Waals surface area contributed by atoms with Crippen LogP contribution in [-0.4, -0.2) is 26.2 Å². The zero-order valence-electron chi connectivity index (χ0n) is 10.3. The highest BCUT2D eigenvalue weighted by Gasteiger charge is 2.15. The molecule has 0 unspecified atom stereocenters. The molecule has 2 N–H and O–H groups in total. The summed E-state index contributed by atoms with van der Waals surface area (Å²) in [7, 11) is 0.880. The molecule has 17 heavy (non-hydrogen) atoms. The number of carbonyl (C=O) groups is 1. The first-order valence-corrected chi connectivity index (χ1v) is 4.62. The maximum absolute atomic E-state index is 13.2. The van der Waals surface area contributed by atoms with Gasteiger partial charge in [-0.3, -0.25) is 4.79 Å². The van der Waals surface area contributed by atoms with Gasteiger partial charge in [0.15, 0.2) is 11.6 Å². The molecule has 1 atom stereocenters. The van der Waals surface area contributed by atoms with E-state index >= 15 is 0 Å². The van der Waals surface area contributed by atoms with E-state index in [-0.39, 0.29) is 31.7 Å². The van der Waals surface area contributed by atoms with Crippen molar-refractivity contribution in [3.05, 3.63) is 29.6 Å². The third-order valence-electron chi connectivity index (χ3n) is 2.11. The molecule has 0 fully saturated rings. The Labute approximate surface area is 107 Å². The second-order valence-corrected chi connectivity index (χ2v) is 3.24. The number of methoxy groups -OCH3 is 2. The van der Waals surface area contributed by atoms with Crippen molar-refractivity contribution in [1.82, 2.24) is 0 Å². The normalized spacial score (nSPS) is 12.1. The maximum Gasteiger partial charge on any atom is 0.322 e. The van der Waals surface area contributed by atoms with Crippen molar-refractivity contribution < 1.29 is 20.0 Å². The van der Waals surface area contributed by atoms with Gasteiger partial charge in [-0.2, -0.15) is 0 Å². The van der Waals surface area contributed by atoms with E-state index in [9.17, 15) is 9.18 Å². The second kappa shape index (κ2) is 7.09. The van der Waals surface area contributed by atoms with Crippen molar-refractivity contribution in [2.24, 2.45) is 5.73 Å². The first kappa shape index (κ1) is 13.7. The molecule has 1 aromatic rings. The topological polar surface area (TPSA) is 61.5 Å². The van der Waals surface area contributed by atoms with E-state index < -0.39 is 17.8 Å². The van der Waals surface area contributed by atoms with Crippen LogP contribution < -0.4 is 10.5 Å². The van der Waals surface area contributed by atoms with Crippen LogP contribution in [0, 0.1) is 5.82 Å². The van der Waals surface area contributed by atoms with Crippen LogP contribution in [0.1, 0.15) is 6.93 Å². The Balaban J connectivity index is 0.00000289. The first-order valence-electron chi connectivity index (χ1n) is 5.33. The average molecular weight is 265 g/mol. The van der Waals surface area contributed by atoms with Gasteiger partial charge in [-0.25, -0.2) is 4.39 Å². The van der Waals surface area contributed by atoms with Gasteiger partial charge in [0.1, 0.15) is 6.04 Å². The van der Waals surface area contributed by atoms with Crippen LogP contribution in [-0.2, 0) is 16.0 Å². The van der Waals surface area contributed by atoms with Gasteiger partial charge in [0, 0.05) is 0 Å². The van der Waals surface area contributed by atoms with Gasteiger partial charge in [0.05, 0.1) is 15.6 Å². The minimum Gasteiger partial charge on any atom is -0.494 e. The summed E-state index contributed by atoms with van der Waals surface area (Å²) in [5.41, 5.74) is 6.22. The van der Waals surface area contributed by atoms with E-state index in [0.717, 1.165) is 0 Å². The first-order chi connectivity index (χ1) is 8.08. The highest BCUT2D eigenvalue weighted by molar-refractivity contribution is 5.85. The molecule has 0 radical (unpaired) electrons. The number of hydrogen-bond donors (Lipinski definition) is 1. The Hall–Kier alpha value is -1.33. The van der Waals surface area contributed by atoms with Gasteiger partial charge in [0.25, 0.3) is 0 Å². The van der Waals surface area contributed by atoms with Crippen molar-refractivity contribution in [1.29, 1.82) is 0 Å². The van der Waals surface area contributed by atoms with Crippen LogP contribution in [0.5, 0.6) is 5.75 Å². The summed E-state index contributed by atoms with van der Waals surface area (Å²) in [5.74, 6) is -1.10. The van der Waals surface area contributed by atoms with E-state index in [0.29, 0.717) is 5.56 Å². The highest BCUT2D eigenvalue weighted by atomic mass is 35.5. The number of carbonyl (C=O) groups excluding carboxylic acids is 1. The molecule has 0 aromatic heterocycles. The van der Waals surface area contributed by atoms with Crippen LogP contribution in [0.2, 0.25) is 0 Å². The lowest BCUT2D eigenvalue weighted by atomic mass is 10.1. The van der Waals surface area contributed by atoms with Crippen molar-refractivity contribution in [3.63, 3.8) is 0 Å². The quantitative estimate of drug-likeness (QED) is 0.833. The Kier molecular flexibility index (Phi) is 5.72. The summed E-state index contributed by atoms with van der Waals surface area (Å²) in [6, 6.07) is 3.35. The fourth-order valence-electron chi connectivity index (χ4n) is 1.27. The largest absolute Gasteiger partial charge is 0.494 e. The SMILES string of the molecule is Cl.[2H]COc1cc(C[C@H](N)C(=O)OC)ccc1F. The fourth-order valence-corrected chi connectivity index (χ4v) is 1.27. The molecule has 4 nitrogen and oxygen atoms in total. The Morgan fingerprint density at radius 2 is 2.35 bits per heavy atom. The number of benzene rings is 1. The average Bonchev–Trinajstić information content (AvgIpc) is 2.32. The van der Waals surface area contributed by atoms with E-state index in [1.807, 2.05) is 0 Å². The monoisotopic (exact) mass is 264 g/mol. The lowest BCUT2D eigenvalue weighted by Crippen LogP contribution is -2.33. The molecule has 0 heterocycles. The van der Waals surface area contributed by atoms with E-state index in [1.54, 1.807) is 0 Å². The second-order valence-electron chi connectivity index (χ2n) is 3.24. The third-order valence-corrected chi connectivity index (χ3v) is 2.11. The molecule has 0 aliphatic carbocycles. The van der Waals surface area contributed by atoms with Gasteiger partial charge >= 0.3 is 5.97 Å². The summed E-state index contributed by atoms with van der Waals surface area (Å²) < 4.78 is 29.3. The molecule has 96 valence electrons. The molecule has 0 amide bonds. The molecule has 0 saturated carbocycles. The summed E-state index contributed by atoms with van der Waals surface area (Å²) >= 11 is 0. The summed E-state index contributed by atoms with van der Waals surface area (Å²) in [5, 5.41) is 0. The molecule has 0 bridgehead atoms. The molecular weight excluding hydrogens is 249 g/mol. The lowest BCUT2D eigenvalue weighted by molar-refractivity contribution is -0.142. The Morgan fingerprint density at radius 1 is 1.65 bits per heavy atom. The molecule has 1 aromatic carbocycles. The lowest BCUT2D eigenvalue weighted by Gasteiger charge is -2.10. The molecule has 0 spiro atoms. The van der Waals surface area contributed by atoms with Crippen molar-refractivity contribution in [2.75, 3.05) is 14.2 Å². The van der Waals surface area contributed by atoms with E-state index in [4.69, 9.17) is 11.8 Å². The van der Waals surface area contributed by atoms with Crippen LogP contribution in [0.3, 0.4) is 0 Å². The minimum atomic E-state index is -0.797. The summed E-state index contributed by atoms with van der Waals surface area (Å²) in [6.07, 6.45) is 0.224. The van der Waals surface area contributed by atoms with Crippen LogP contribution in [0.15, 0.2) is 18.2 Å². The van der Waals surface area contributed by atoms with E-state index in [2.05, 4.69) is 4.74 Å². The molecular formula is C11H15ClFNO3. The van der Waals surface area contributed by atoms with Crippen LogP contribution in [0.25, 0.3) is 0 Å². The predicted octanol–water partition coefficient (Wildman–Crippen LogP) is 1.30. The van der Waals surface area contributed by atoms with Crippen LogP contribution in [0.4, 0.5) is 4.39 Å². The van der Waals surface area contributed by atoms with E-state index in [1.165, 1.54) is 25.3 Å². The zero-order chi connectivity index (χ0) is 12.8. The van der Waals surface area contributed by atoms with Gasteiger partial charge in [-0.1, -0.05) is 6.07 Å². The van der Waals surface area contributed by atoms with Crippen molar-refractivity contribution in [3.8, 4) is 5.75 Å². The predicted molar refractivity (Wildman–Crippen MR) is 63.9 cm³/mol. The van der Waals surface area contributed by atoms with Gasteiger partial charge in [0.2, 0.25) is 0 Å². The third kappa shape index (κ3) is 4.20. The number of esters is 1. The van der Waals surface area contributed by atoms with Crippen LogP contribution >= 0.6 is 12.4 Å². The number of ether oxygens (including phenoxy) is 2. The van der Waals surface area contributed by atoms with Gasteiger partial charge < -0.3 is 15.2 Å². The van der Waals surface area contributed by atoms with Crippen molar-refractivity contribution in [2.45, 2.75) is 12.5 Å².